The van der Waals surface area contributed by atoms with Crippen molar-refractivity contribution >= 4 is 23.8 Å². The number of benzene rings is 1. The van der Waals surface area contributed by atoms with E-state index in [1.165, 1.54) is 5.56 Å². The third-order valence-corrected chi connectivity index (χ3v) is 3.12. The van der Waals surface area contributed by atoms with Crippen LogP contribution in [0.5, 0.6) is 5.75 Å². The van der Waals surface area contributed by atoms with Crippen LogP contribution in [-0.4, -0.2) is 23.9 Å². The zero-order valence-electron chi connectivity index (χ0n) is 9.97. The van der Waals surface area contributed by atoms with Crippen LogP contribution in [0.15, 0.2) is 24.3 Å². The summed E-state index contributed by atoms with van der Waals surface area (Å²) in [5.74, 6) is 1.72. The summed E-state index contributed by atoms with van der Waals surface area (Å²) < 4.78 is 5.19. The molecule has 1 rings (SSSR count). The van der Waals surface area contributed by atoms with E-state index in [4.69, 9.17) is 9.84 Å². The van der Waals surface area contributed by atoms with Crippen LogP contribution in [0.2, 0.25) is 0 Å². The second kappa shape index (κ2) is 7.01. The van der Waals surface area contributed by atoms with Gasteiger partial charge in [-0.3, -0.25) is 0 Å². The van der Waals surface area contributed by atoms with Gasteiger partial charge in [-0.1, -0.05) is 13.0 Å². The third-order valence-electron chi connectivity index (χ3n) is 2.17. The summed E-state index contributed by atoms with van der Waals surface area (Å²) in [6.45, 7) is 2.11. The molecule has 0 spiro atoms. The molecule has 0 unspecified atom stereocenters. The predicted molar refractivity (Wildman–Crippen MR) is 71.5 cm³/mol. The minimum Gasteiger partial charge on any atom is -0.496 e. The number of hydrogen-bond acceptors (Lipinski definition) is 3. The largest absolute Gasteiger partial charge is 0.496 e. The maximum absolute atomic E-state index is 10.5. The van der Waals surface area contributed by atoms with Gasteiger partial charge in [0.1, 0.15) is 5.75 Å². The number of rotatable bonds is 6. The Morgan fingerprint density at radius 3 is 2.88 bits per heavy atom. The van der Waals surface area contributed by atoms with Gasteiger partial charge in [-0.2, -0.15) is 11.8 Å². The summed E-state index contributed by atoms with van der Waals surface area (Å²) in [5, 5.41) is 8.62. The van der Waals surface area contributed by atoms with Gasteiger partial charge >= 0.3 is 5.97 Å². The lowest BCUT2D eigenvalue weighted by Crippen LogP contribution is -1.91. The summed E-state index contributed by atoms with van der Waals surface area (Å²) in [4.78, 5) is 10.5. The van der Waals surface area contributed by atoms with Crippen molar-refractivity contribution in [3.63, 3.8) is 0 Å². The molecule has 1 N–H and O–H groups in total. The lowest BCUT2D eigenvalue weighted by Gasteiger charge is -2.07. The van der Waals surface area contributed by atoms with Crippen LogP contribution in [0.4, 0.5) is 0 Å². The second-order valence-electron chi connectivity index (χ2n) is 3.39. The number of thioether (sulfide) groups is 1. The number of hydrogen-bond donors (Lipinski definition) is 1. The molecule has 1 aromatic rings. The van der Waals surface area contributed by atoms with Crippen molar-refractivity contribution in [2.24, 2.45) is 0 Å². The number of aliphatic carboxylic acids is 1. The van der Waals surface area contributed by atoms with Crippen LogP contribution in [0.25, 0.3) is 6.08 Å². The molecule has 0 fully saturated rings. The zero-order chi connectivity index (χ0) is 12.7. The van der Waals surface area contributed by atoms with Gasteiger partial charge in [-0.15, -0.1) is 0 Å². The van der Waals surface area contributed by atoms with Gasteiger partial charge in [0.2, 0.25) is 0 Å². The van der Waals surface area contributed by atoms with E-state index in [-0.39, 0.29) is 0 Å². The highest BCUT2D eigenvalue weighted by Gasteiger charge is 2.02. The maximum Gasteiger partial charge on any atom is 0.328 e. The van der Waals surface area contributed by atoms with Crippen molar-refractivity contribution < 1.29 is 14.6 Å². The Balaban J connectivity index is 2.93. The molecule has 0 radical (unpaired) electrons. The van der Waals surface area contributed by atoms with Gasteiger partial charge in [0.05, 0.1) is 7.11 Å². The minimum absolute atomic E-state index is 0.688. The molecular weight excluding hydrogens is 236 g/mol. The van der Waals surface area contributed by atoms with Gasteiger partial charge in [0, 0.05) is 17.4 Å². The van der Waals surface area contributed by atoms with Crippen molar-refractivity contribution in [3.05, 3.63) is 35.4 Å². The summed E-state index contributed by atoms with van der Waals surface area (Å²) >= 11 is 1.83. The highest BCUT2D eigenvalue weighted by atomic mass is 32.2. The smallest absolute Gasteiger partial charge is 0.328 e. The van der Waals surface area contributed by atoms with Gasteiger partial charge < -0.3 is 9.84 Å². The minimum atomic E-state index is -0.958. The van der Waals surface area contributed by atoms with Crippen LogP contribution in [0.3, 0.4) is 0 Å². The van der Waals surface area contributed by atoms with Gasteiger partial charge in [-0.25, -0.2) is 4.79 Å². The highest BCUT2D eigenvalue weighted by molar-refractivity contribution is 7.98. The Kier molecular flexibility index (Phi) is 5.63. The molecule has 0 bridgehead atoms. The molecule has 1 aromatic carbocycles. The molecular formula is C13H16O3S. The Labute approximate surface area is 105 Å². The fourth-order valence-electron chi connectivity index (χ4n) is 1.38. The third kappa shape index (κ3) is 4.53. The molecule has 0 aliphatic rings. The normalized spacial score (nSPS) is 10.7. The molecule has 17 heavy (non-hydrogen) atoms. The molecule has 0 aliphatic heterocycles. The van der Waals surface area contributed by atoms with Crippen LogP contribution in [0, 0.1) is 0 Å². The Bertz CT molecular complexity index is 413. The molecule has 0 amide bonds. The Hall–Kier alpha value is -1.42. The first-order valence-electron chi connectivity index (χ1n) is 5.33. The van der Waals surface area contributed by atoms with E-state index in [0.29, 0.717) is 5.75 Å². The van der Waals surface area contributed by atoms with Crippen LogP contribution in [-0.2, 0) is 10.5 Å². The standard InChI is InChI=1S/C13H16O3S/c1-3-17-9-10-4-6-12(16-2)11(8-10)5-7-13(14)15/h4-8H,3,9H2,1-2H3,(H,14,15)/b7-5+. The van der Waals surface area contributed by atoms with Gasteiger partial charge in [0.15, 0.2) is 0 Å². The van der Waals surface area contributed by atoms with Gasteiger partial charge in [-0.05, 0) is 29.5 Å². The molecule has 0 heterocycles. The Morgan fingerprint density at radius 1 is 1.53 bits per heavy atom. The summed E-state index contributed by atoms with van der Waals surface area (Å²) in [7, 11) is 1.58. The molecule has 4 heteroatoms. The Morgan fingerprint density at radius 2 is 2.29 bits per heavy atom. The molecule has 0 aromatic heterocycles. The fraction of sp³-hybridized carbons (Fsp3) is 0.308. The van der Waals surface area contributed by atoms with E-state index in [1.807, 2.05) is 30.0 Å². The first-order chi connectivity index (χ1) is 8.17. The average Bonchev–Trinajstić information content (AvgIpc) is 2.33. The first kappa shape index (κ1) is 13.6. The second-order valence-corrected chi connectivity index (χ2v) is 4.66. The summed E-state index contributed by atoms with van der Waals surface area (Å²) in [5.41, 5.74) is 1.96. The summed E-state index contributed by atoms with van der Waals surface area (Å²) in [6.07, 6.45) is 2.68. The van der Waals surface area contributed by atoms with Crippen LogP contribution in [0.1, 0.15) is 18.1 Å². The quantitative estimate of drug-likeness (QED) is 0.790. The van der Waals surface area contributed by atoms with E-state index < -0.39 is 5.97 Å². The number of methoxy groups -OCH3 is 1. The molecule has 0 saturated heterocycles. The maximum atomic E-state index is 10.5. The monoisotopic (exact) mass is 252 g/mol. The molecule has 0 aliphatic carbocycles. The highest BCUT2D eigenvalue weighted by Crippen LogP contribution is 2.23. The number of carbonyl (C=O) groups is 1. The van der Waals surface area contributed by atoms with E-state index in [9.17, 15) is 4.79 Å². The average molecular weight is 252 g/mol. The number of ether oxygens (including phenoxy) is 1. The van der Waals surface area contributed by atoms with Crippen molar-refractivity contribution in [1.29, 1.82) is 0 Å². The zero-order valence-corrected chi connectivity index (χ0v) is 10.8. The van der Waals surface area contributed by atoms with E-state index >= 15 is 0 Å². The molecule has 3 nitrogen and oxygen atoms in total. The molecule has 92 valence electrons. The lowest BCUT2D eigenvalue weighted by molar-refractivity contribution is -0.131. The van der Waals surface area contributed by atoms with E-state index in [2.05, 4.69) is 6.92 Å². The fourth-order valence-corrected chi connectivity index (χ4v) is 2.00. The number of carboxylic acids is 1. The topological polar surface area (TPSA) is 46.5 Å². The SMILES string of the molecule is CCSCc1ccc(OC)c(/C=C/C(=O)O)c1. The van der Waals surface area contributed by atoms with Crippen LogP contribution < -0.4 is 4.74 Å². The van der Waals surface area contributed by atoms with Crippen molar-refractivity contribution in [1.82, 2.24) is 0 Å². The lowest BCUT2D eigenvalue weighted by atomic mass is 10.1. The summed E-state index contributed by atoms with van der Waals surface area (Å²) in [6, 6.07) is 5.83. The molecule has 0 atom stereocenters. The van der Waals surface area contributed by atoms with Crippen molar-refractivity contribution in [3.8, 4) is 5.75 Å². The van der Waals surface area contributed by atoms with Crippen molar-refractivity contribution in [2.45, 2.75) is 12.7 Å². The van der Waals surface area contributed by atoms with Gasteiger partial charge in [0.25, 0.3) is 0 Å². The molecule has 0 saturated carbocycles. The first-order valence-corrected chi connectivity index (χ1v) is 6.48. The predicted octanol–water partition coefficient (Wildman–Crippen LogP) is 3.05. The number of carboxylic acid groups (broad SMARTS) is 1. The van der Waals surface area contributed by atoms with Crippen LogP contribution >= 0.6 is 11.8 Å². The van der Waals surface area contributed by atoms with Crippen molar-refractivity contribution in [2.75, 3.05) is 12.9 Å². The van der Waals surface area contributed by atoms with E-state index in [0.717, 1.165) is 23.1 Å². The van der Waals surface area contributed by atoms with E-state index in [1.54, 1.807) is 13.2 Å².